The normalized spacial score (nSPS) is 13.5. The summed E-state index contributed by atoms with van der Waals surface area (Å²) in [5.74, 6) is 1.52. The van der Waals surface area contributed by atoms with Crippen molar-refractivity contribution < 1.29 is 8.42 Å². The van der Waals surface area contributed by atoms with Crippen molar-refractivity contribution in [2.45, 2.75) is 11.8 Å². The number of aromatic nitrogens is 1. The molecular formula is C10H17N3O2S2. The number of pyridine rings is 1. The van der Waals surface area contributed by atoms with E-state index in [-0.39, 0.29) is 4.90 Å². The first-order chi connectivity index (χ1) is 7.95. The third kappa shape index (κ3) is 4.53. The monoisotopic (exact) mass is 275 g/mol. The molecular weight excluding hydrogens is 258 g/mol. The molecule has 0 radical (unpaired) electrons. The first-order valence-electron chi connectivity index (χ1n) is 5.16. The van der Waals surface area contributed by atoms with Crippen molar-refractivity contribution in [3.63, 3.8) is 0 Å². The lowest BCUT2D eigenvalue weighted by molar-refractivity contribution is 0.562. The third-order valence-electron chi connectivity index (χ3n) is 2.14. The summed E-state index contributed by atoms with van der Waals surface area (Å²) >= 11 is 1.69. The lowest BCUT2D eigenvalue weighted by Gasteiger charge is -2.11. The van der Waals surface area contributed by atoms with Crippen LogP contribution >= 0.6 is 11.8 Å². The minimum absolute atomic E-state index is 0.142. The zero-order chi connectivity index (χ0) is 12.9. The lowest BCUT2D eigenvalue weighted by Crippen LogP contribution is -2.29. The molecule has 3 N–H and O–H groups in total. The number of anilines is 1. The zero-order valence-electron chi connectivity index (χ0n) is 9.88. The standard InChI is InChI=1S/C10H17N3O2S2/c1-8(7-16-2)5-13-17(14,15)9-3-4-10(11)12-6-9/h3-4,6,8,13H,5,7H2,1-2H3,(H2,11,12). The molecule has 0 bridgehead atoms. The van der Waals surface area contributed by atoms with Crippen LogP contribution in [0.2, 0.25) is 0 Å². The van der Waals surface area contributed by atoms with E-state index < -0.39 is 10.0 Å². The maximum absolute atomic E-state index is 11.9. The summed E-state index contributed by atoms with van der Waals surface area (Å²) in [5.41, 5.74) is 5.40. The molecule has 17 heavy (non-hydrogen) atoms. The van der Waals surface area contributed by atoms with E-state index in [1.807, 2.05) is 13.2 Å². The average molecular weight is 275 g/mol. The van der Waals surface area contributed by atoms with Crippen molar-refractivity contribution in [1.82, 2.24) is 9.71 Å². The maximum Gasteiger partial charge on any atom is 0.242 e. The molecule has 0 fully saturated rings. The highest BCUT2D eigenvalue weighted by Crippen LogP contribution is 2.10. The van der Waals surface area contributed by atoms with Gasteiger partial charge < -0.3 is 5.73 Å². The van der Waals surface area contributed by atoms with E-state index in [2.05, 4.69) is 9.71 Å². The Kier molecular flexibility index (Phi) is 5.23. The Morgan fingerprint density at radius 3 is 2.76 bits per heavy atom. The van der Waals surface area contributed by atoms with Crippen molar-refractivity contribution in [2.75, 3.05) is 24.3 Å². The Hall–Kier alpha value is -0.790. The van der Waals surface area contributed by atoms with Crippen molar-refractivity contribution in [3.8, 4) is 0 Å². The first-order valence-corrected chi connectivity index (χ1v) is 8.03. The van der Waals surface area contributed by atoms with E-state index in [1.54, 1.807) is 11.8 Å². The van der Waals surface area contributed by atoms with Gasteiger partial charge in [-0.1, -0.05) is 6.92 Å². The molecule has 1 aromatic heterocycles. The van der Waals surface area contributed by atoms with Gasteiger partial charge in [0, 0.05) is 12.7 Å². The molecule has 0 amide bonds. The summed E-state index contributed by atoms with van der Waals surface area (Å²) in [5, 5.41) is 0. The van der Waals surface area contributed by atoms with Gasteiger partial charge in [0.25, 0.3) is 0 Å². The van der Waals surface area contributed by atoms with Gasteiger partial charge in [0.05, 0.1) is 0 Å². The predicted molar refractivity (Wildman–Crippen MR) is 71.4 cm³/mol. The highest BCUT2D eigenvalue weighted by Gasteiger charge is 2.15. The van der Waals surface area contributed by atoms with Crippen LogP contribution < -0.4 is 10.5 Å². The number of nitrogens with one attached hydrogen (secondary N) is 1. The molecule has 1 unspecified atom stereocenters. The van der Waals surface area contributed by atoms with Crippen LogP contribution in [0.5, 0.6) is 0 Å². The Balaban J connectivity index is 2.66. The van der Waals surface area contributed by atoms with Crippen molar-refractivity contribution >= 4 is 27.6 Å². The molecule has 0 aliphatic heterocycles. The minimum atomic E-state index is -3.47. The third-order valence-corrected chi connectivity index (χ3v) is 4.45. The summed E-state index contributed by atoms with van der Waals surface area (Å²) in [6.45, 7) is 2.42. The molecule has 0 aromatic carbocycles. The predicted octanol–water partition coefficient (Wildman–Crippen LogP) is 0.941. The van der Waals surface area contributed by atoms with Crippen LogP contribution in [-0.4, -0.2) is 32.0 Å². The fraction of sp³-hybridized carbons (Fsp3) is 0.500. The SMILES string of the molecule is CSCC(C)CNS(=O)(=O)c1ccc(N)nc1. The molecule has 0 aliphatic rings. The maximum atomic E-state index is 11.9. The fourth-order valence-corrected chi connectivity index (χ4v) is 3.03. The second-order valence-electron chi connectivity index (χ2n) is 3.83. The van der Waals surface area contributed by atoms with Gasteiger partial charge in [0.1, 0.15) is 10.7 Å². The van der Waals surface area contributed by atoms with Gasteiger partial charge >= 0.3 is 0 Å². The Bertz CT molecular complexity index is 445. The molecule has 0 saturated heterocycles. The number of hydrogen-bond donors (Lipinski definition) is 2. The second kappa shape index (κ2) is 6.23. The van der Waals surface area contributed by atoms with E-state index in [0.29, 0.717) is 18.3 Å². The van der Waals surface area contributed by atoms with Crippen LogP contribution in [0.25, 0.3) is 0 Å². The number of hydrogen-bond acceptors (Lipinski definition) is 5. The quantitative estimate of drug-likeness (QED) is 0.807. The Morgan fingerprint density at radius 1 is 1.53 bits per heavy atom. The number of nitrogens with two attached hydrogens (primary N) is 1. The molecule has 1 atom stereocenters. The fourth-order valence-electron chi connectivity index (χ4n) is 1.23. The lowest BCUT2D eigenvalue weighted by atomic mass is 10.2. The highest BCUT2D eigenvalue weighted by molar-refractivity contribution is 7.98. The van der Waals surface area contributed by atoms with Crippen LogP contribution in [0.3, 0.4) is 0 Å². The van der Waals surface area contributed by atoms with Gasteiger partial charge in [-0.05, 0) is 30.1 Å². The molecule has 5 nitrogen and oxygen atoms in total. The summed E-state index contributed by atoms with van der Waals surface area (Å²) in [7, 11) is -3.47. The molecule has 0 aliphatic carbocycles. The van der Waals surface area contributed by atoms with E-state index in [0.717, 1.165) is 5.75 Å². The van der Waals surface area contributed by atoms with Gasteiger partial charge in [0.2, 0.25) is 10.0 Å². The van der Waals surface area contributed by atoms with E-state index in [9.17, 15) is 8.42 Å². The average Bonchev–Trinajstić information content (AvgIpc) is 2.28. The summed E-state index contributed by atoms with van der Waals surface area (Å²) in [6, 6.07) is 2.92. The summed E-state index contributed by atoms with van der Waals surface area (Å²) in [4.78, 5) is 3.91. The van der Waals surface area contributed by atoms with Crippen LogP contribution in [0, 0.1) is 5.92 Å². The van der Waals surface area contributed by atoms with Crippen LogP contribution in [-0.2, 0) is 10.0 Å². The van der Waals surface area contributed by atoms with Gasteiger partial charge in [-0.2, -0.15) is 11.8 Å². The second-order valence-corrected chi connectivity index (χ2v) is 6.51. The van der Waals surface area contributed by atoms with E-state index in [4.69, 9.17) is 5.73 Å². The number of thioether (sulfide) groups is 1. The largest absolute Gasteiger partial charge is 0.384 e. The van der Waals surface area contributed by atoms with E-state index in [1.165, 1.54) is 18.3 Å². The molecule has 0 spiro atoms. The smallest absolute Gasteiger partial charge is 0.242 e. The highest BCUT2D eigenvalue weighted by atomic mass is 32.2. The summed E-state index contributed by atoms with van der Waals surface area (Å²) < 4.78 is 26.3. The zero-order valence-corrected chi connectivity index (χ0v) is 11.5. The molecule has 7 heteroatoms. The number of nitrogens with zero attached hydrogens (tertiary/aromatic N) is 1. The molecule has 0 saturated carbocycles. The molecule has 1 rings (SSSR count). The minimum Gasteiger partial charge on any atom is -0.384 e. The van der Waals surface area contributed by atoms with Crippen LogP contribution in [0.15, 0.2) is 23.2 Å². The Labute approximate surface area is 106 Å². The molecule has 1 heterocycles. The van der Waals surface area contributed by atoms with Gasteiger partial charge in [-0.15, -0.1) is 0 Å². The van der Waals surface area contributed by atoms with Crippen molar-refractivity contribution in [2.24, 2.45) is 5.92 Å². The first kappa shape index (κ1) is 14.3. The van der Waals surface area contributed by atoms with Crippen LogP contribution in [0.1, 0.15) is 6.92 Å². The molecule has 96 valence electrons. The van der Waals surface area contributed by atoms with Gasteiger partial charge in [-0.25, -0.2) is 18.1 Å². The van der Waals surface area contributed by atoms with Crippen molar-refractivity contribution in [1.29, 1.82) is 0 Å². The molecule has 1 aromatic rings. The summed E-state index contributed by atoms with van der Waals surface area (Å²) in [6.07, 6.45) is 3.26. The van der Waals surface area contributed by atoms with Gasteiger partial charge in [-0.3, -0.25) is 0 Å². The van der Waals surface area contributed by atoms with Gasteiger partial charge in [0.15, 0.2) is 0 Å². The van der Waals surface area contributed by atoms with Crippen LogP contribution in [0.4, 0.5) is 5.82 Å². The Morgan fingerprint density at radius 2 is 2.24 bits per heavy atom. The number of nitrogen functional groups attached to an aromatic ring is 1. The van der Waals surface area contributed by atoms with Crippen molar-refractivity contribution in [3.05, 3.63) is 18.3 Å². The van der Waals surface area contributed by atoms with E-state index >= 15 is 0 Å². The number of rotatable bonds is 6. The topological polar surface area (TPSA) is 85.1 Å². The number of sulfonamides is 1.